The molecule has 0 amide bonds. The van der Waals surface area contributed by atoms with Gasteiger partial charge in [-0.1, -0.05) is 182 Å². The van der Waals surface area contributed by atoms with E-state index in [9.17, 15) is 0 Å². The van der Waals surface area contributed by atoms with Gasteiger partial charge in [-0.15, -0.1) is 0 Å². The number of rotatable bonds is 8. The van der Waals surface area contributed by atoms with Gasteiger partial charge in [-0.3, -0.25) is 0 Å². The highest BCUT2D eigenvalue weighted by Crippen LogP contribution is 2.48. The van der Waals surface area contributed by atoms with Crippen molar-refractivity contribution in [3.05, 3.63) is 255 Å². The molecule has 0 aliphatic heterocycles. The van der Waals surface area contributed by atoms with Gasteiger partial charge in [0.05, 0.1) is 16.7 Å². The predicted octanol–water partition coefficient (Wildman–Crippen LogP) is 18.0. The first-order valence-corrected chi connectivity index (χ1v) is 22.9. The average molecular weight is 857 g/mol. The van der Waals surface area contributed by atoms with Crippen LogP contribution in [0.25, 0.3) is 104 Å². The second-order valence-electron chi connectivity index (χ2n) is 17.4. The molecule has 0 aliphatic rings. The third kappa shape index (κ3) is 6.39. The number of nitrogens with zero attached hydrogens (tertiary/aromatic N) is 2. The van der Waals surface area contributed by atoms with Crippen LogP contribution in [0.3, 0.4) is 0 Å². The van der Waals surface area contributed by atoms with Gasteiger partial charge in [0.15, 0.2) is 0 Å². The van der Waals surface area contributed by atoms with Crippen LogP contribution < -0.4 is 4.90 Å². The first kappa shape index (κ1) is 38.6. The zero-order valence-corrected chi connectivity index (χ0v) is 36.4. The molecule has 12 aromatic carbocycles. The standard InChI is InChI=1S/C64H41FN2/c65-59-41-49(43-18-8-2-9-19-43)40-56(44-20-10-3-11-21-44)64(59)66(50-22-12-4-13-23-50)52-32-28-45(29-33-52)53-34-30-46-26-27-48-39-58-57-38-47(42-16-6-1-7-17-42)31-37-60(57)67(51-24-14-5-15-25-51)63(58)55-36-35-54(53)61(46)62(48)55/h1-41H. The number of benzene rings is 12. The molecule has 1 heterocycles. The maximum Gasteiger partial charge on any atom is 0.148 e. The molecule has 1 aromatic heterocycles. The minimum absolute atomic E-state index is 0.294. The zero-order valence-electron chi connectivity index (χ0n) is 36.4. The Morgan fingerprint density at radius 3 is 1.57 bits per heavy atom. The van der Waals surface area contributed by atoms with Crippen LogP contribution in [0.4, 0.5) is 21.5 Å². The Balaban J connectivity index is 0.983. The number of halogens is 1. The van der Waals surface area contributed by atoms with Crippen LogP contribution in [-0.2, 0) is 0 Å². The largest absolute Gasteiger partial charge is 0.309 e. The molecule has 314 valence electrons. The second-order valence-corrected chi connectivity index (χ2v) is 17.4. The molecule has 13 aromatic rings. The summed E-state index contributed by atoms with van der Waals surface area (Å²) in [5.41, 5.74) is 14.0. The molecule has 0 fully saturated rings. The highest BCUT2D eigenvalue weighted by atomic mass is 19.1. The van der Waals surface area contributed by atoms with E-state index in [0.29, 0.717) is 5.69 Å². The van der Waals surface area contributed by atoms with Crippen molar-refractivity contribution in [3.63, 3.8) is 0 Å². The Kier molecular flexibility index (Phi) is 9.07. The van der Waals surface area contributed by atoms with Crippen molar-refractivity contribution < 1.29 is 4.39 Å². The molecular formula is C64H41FN2. The molecule has 0 atom stereocenters. The molecular weight excluding hydrogens is 816 g/mol. The summed E-state index contributed by atoms with van der Waals surface area (Å²) in [6.07, 6.45) is 0. The molecule has 0 saturated heterocycles. The van der Waals surface area contributed by atoms with E-state index in [1.807, 2.05) is 78.9 Å². The SMILES string of the molecule is Fc1cc(-c2ccccc2)cc(-c2ccccc2)c1N(c1ccccc1)c1ccc(-c2ccc3ccc4cc5c6cc(-c7ccccc7)ccc6n(-c6ccccc6)c5c5ccc2c3c45)cc1. The Hall–Kier alpha value is -8.79. The summed E-state index contributed by atoms with van der Waals surface area (Å²) >= 11 is 0. The van der Waals surface area contributed by atoms with E-state index in [1.165, 1.54) is 65.3 Å². The fourth-order valence-corrected chi connectivity index (χ4v) is 10.5. The number of anilines is 3. The third-order valence-corrected chi connectivity index (χ3v) is 13.6. The van der Waals surface area contributed by atoms with E-state index in [4.69, 9.17) is 0 Å². The fourth-order valence-electron chi connectivity index (χ4n) is 10.5. The van der Waals surface area contributed by atoms with Crippen LogP contribution in [0.15, 0.2) is 249 Å². The molecule has 0 spiro atoms. The lowest BCUT2D eigenvalue weighted by molar-refractivity contribution is 0.630. The number of hydrogen-bond acceptors (Lipinski definition) is 1. The Morgan fingerprint density at radius 2 is 0.866 bits per heavy atom. The van der Waals surface area contributed by atoms with Crippen LogP contribution >= 0.6 is 0 Å². The molecule has 0 N–H and O–H groups in total. The first-order valence-electron chi connectivity index (χ1n) is 22.9. The topological polar surface area (TPSA) is 8.17 Å². The van der Waals surface area contributed by atoms with Crippen LogP contribution in [0.2, 0.25) is 0 Å². The molecule has 0 aliphatic carbocycles. The zero-order chi connectivity index (χ0) is 44.4. The monoisotopic (exact) mass is 856 g/mol. The molecule has 67 heavy (non-hydrogen) atoms. The van der Waals surface area contributed by atoms with E-state index in [-0.39, 0.29) is 5.82 Å². The minimum Gasteiger partial charge on any atom is -0.309 e. The van der Waals surface area contributed by atoms with Gasteiger partial charge in [-0.25, -0.2) is 4.39 Å². The third-order valence-electron chi connectivity index (χ3n) is 13.6. The van der Waals surface area contributed by atoms with Crippen molar-refractivity contribution in [2.45, 2.75) is 0 Å². The summed E-state index contributed by atoms with van der Waals surface area (Å²) < 4.78 is 19.6. The lowest BCUT2D eigenvalue weighted by atomic mass is 9.88. The number of fused-ring (bicyclic) bond motifs is 4. The minimum atomic E-state index is -0.294. The molecule has 0 bridgehead atoms. The van der Waals surface area contributed by atoms with Gasteiger partial charge in [-0.2, -0.15) is 0 Å². The van der Waals surface area contributed by atoms with Gasteiger partial charge in [0, 0.05) is 38.8 Å². The molecule has 3 heteroatoms. The lowest BCUT2D eigenvalue weighted by Gasteiger charge is -2.29. The number of hydrogen-bond donors (Lipinski definition) is 0. The van der Waals surface area contributed by atoms with Crippen LogP contribution in [-0.4, -0.2) is 4.57 Å². The highest BCUT2D eigenvalue weighted by Gasteiger charge is 2.24. The van der Waals surface area contributed by atoms with Gasteiger partial charge in [0.25, 0.3) is 0 Å². The van der Waals surface area contributed by atoms with Crippen LogP contribution in [0.5, 0.6) is 0 Å². The van der Waals surface area contributed by atoms with E-state index in [2.05, 4.69) is 173 Å². The summed E-state index contributed by atoms with van der Waals surface area (Å²) in [6, 6.07) is 87.1. The summed E-state index contributed by atoms with van der Waals surface area (Å²) in [4.78, 5) is 2.06. The van der Waals surface area contributed by atoms with Gasteiger partial charge >= 0.3 is 0 Å². The van der Waals surface area contributed by atoms with Gasteiger partial charge < -0.3 is 9.47 Å². The quantitative estimate of drug-likeness (QED) is 0.138. The van der Waals surface area contributed by atoms with Gasteiger partial charge in [0.2, 0.25) is 0 Å². The van der Waals surface area contributed by atoms with E-state index >= 15 is 4.39 Å². The van der Waals surface area contributed by atoms with Crippen molar-refractivity contribution in [1.82, 2.24) is 4.57 Å². The maximum absolute atomic E-state index is 17.1. The molecule has 13 rings (SSSR count). The Labute approximate surface area is 388 Å². The number of aromatic nitrogens is 1. The lowest BCUT2D eigenvalue weighted by Crippen LogP contribution is -2.13. The summed E-state index contributed by atoms with van der Waals surface area (Å²) in [5, 5.41) is 9.85. The van der Waals surface area contributed by atoms with E-state index < -0.39 is 0 Å². The first-order chi connectivity index (χ1) is 33.2. The summed E-state index contributed by atoms with van der Waals surface area (Å²) in [6.45, 7) is 0. The van der Waals surface area contributed by atoms with Crippen molar-refractivity contribution >= 4 is 71.2 Å². The second kappa shape index (κ2) is 15.7. The predicted molar refractivity (Wildman–Crippen MR) is 281 cm³/mol. The van der Waals surface area contributed by atoms with Crippen LogP contribution in [0, 0.1) is 5.82 Å². The van der Waals surface area contributed by atoms with Crippen molar-refractivity contribution in [2.24, 2.45) is 0 Å². The molecule has 0 radical (unpaired) electrons. The smallest absolute Gasteiger partial charge is 0.148 e. The van der Waals surface area contributed by atoms with Gasteiger partial charge in [-0.05, 0) is 133 Å². The van der Waals surface area contributed by atoms with Gasteiger partial charge in [0.1, 0.15) is 5.82 Å². The average Bonchev–Trinajstić information content (AvgIpc) is 3.73. The summed E-state index contributed by atoms with van der Waals surface area (Å²) in [5.74, 6) is -0.294. The van der Waals surface area contributed by atoms with E-state index in [1.54, 1.807) is 6.07 Å². The Morgan fingerprint density at radius 1 is 0.328 bits per heavy atom. The van der Waals surface area contributed by atoms with Crippen molar-refractivity contribution in [2.75, 3.05) is 4.90 Å². The molecule has 0 unspecified atom stereocenters. The molecule has 2 nitrogen and oxygen atoms in total. The molecule has 0 saturated carbocycles. The van der Waals surface area contributed by atoms with Crippen LogP contribution in [0.1, 0.15) is 0 Å². The number of para-hydroxylation sites is 2. The Bertz CT molecular complexity index is 3940. The fraction of sp³-hybridized carbons (Fsp3) is 0. The van der Waals surface area contributed by atoms with E-state index in [0.717, 1.165) is 50.4 Å². The maximum atomic E-state index is 17.1. The normalized spacial score (nSPS) is 11.7. The summed E-state index contributed by atoms with van der Waals surface area (Å²) in [7, 11) is 0. The highest BCUT2D eigenvalue weighted by molar-refractivity contribution is 6.33. The van der Waals surface area contributed by atoms with Crippen molar-refractivity contribution in [3.8, 4) is 50.2 Å². The van der Waals surface area contributed by atoms with Crippen molar-refractivity contribution in [1.29, 1.82) is 0 Å².